The standard InChI is InChI=1S/C10H10ClN3O/c1-15-8-2-3-9(12)10(4-8)14-6-7(11)5-13-14/h2-6H,12H2,1H3. The molecule has 5 heteroatoms. The van der Waals surface area contributed by atoms with E-state index in [1.807, 2.05) is 0 Å². The average Bonchev–Trinajstić information content (AvgIpc) is 2.65. The van der Waals surface area contributed by atoms with E-state index in [-0.39, 0.29) is 0 Å². The molecule has 0 unspecified atom stereocenters. The highest BCUT2D eigenvalue weighted by Crippen LogP contribution is 2.23. The van der Waals surface area contributed by atoms with Crippen molar-refractivity contribution in [3.05, 3.63) is 35.6 Å². The number of ether oxygens (including phenoxy) is 1. The van der Waals surface area contributed by atoms with Crippen molar-refractivity contribution in [2.75, 3.05) is 12.8 Å². The summed E-state index contributed by atoms with van der Waals surface area (Å²) in [5, 5.41) is 4.64. The second kappa shape index (κ2) is 3.82. The Morgan fingerprint density at radius 3 is 2.87 bits per heavy atom. The van der Waals surface area contributed by atoms with Crippen molar-refractivity contribution in [3.63, 3.8) is 0 Å². The molecule has 1 aromatic carbocycles. The maximum atomic E-state index is 5.83. The molecule has 0 bridgehead atoms. The molecule has 0 aliphatic carbocycles. The van der Waals surface area contributed by atoms with Gasteiger partial charge in [0, 0.05) is 12.3 Å². The molecule has 1 aromatic heterocycles. The smallest absolute Gasteiger partial charge is 0.121 e. The van der Waals surface area contributed by atoms with Crippen LogP contribution in [-0.4, -0.2) is 16.9 Å². The zero-order valence-corrected chi connectivity index (χ0v) is 8.90. The van der Waals surface area contributed by atoms with Crippen LogP contribution in [0.2, 0.25) is 5.02 Å². The number of anilines is 1. The van der Waals surface area contributed by atoms with Gasteiger partial charge in [0.05, 0.1) is 29.7 Å². The largest absolute Gasteiger partial charge is 0.497 e. The summed E-state index contributed by atoms with van der Waals surface area (Å²) in [6, 6.07) is 5.37. The van der Waals surface area contributed by atoms with Gasteiger partial charge in [0.25, 0.3) is 0 Å². The van der Waals surface area contributed by atoms with Gasteiger partial charge in [-0.3, -0.25) is 0 Å². The molecule has 1 heterocycles. The highest BCUT2D eigenvalue weighted by atomic mass is 35.5. The predicted molar refractivity (Wildman–Crippen MR) is 59.5 cm³/mol. The number of nitrogen functional groups attached to an aromatic ring is 1. The second-order valence-corrected chi connectivity index (χ2v) is 3.46. The molecule has 2 N–H and O–H groups in total. The number of hydrogen-bond donors (Lipinski definition) is 1. The lowest BCUT2D eigenvalue weighted by molar-refractivity contribution is 0.414. The molecule has 0 spiro atoms. The Morgan fingerprint density at radius 1 is 1.47 bits per heavy atom. The number of rotatable bonds is 2. The third-order valence-corrected chi connectivity index (χ3v) is 2.23. The van der Waals surface area contributed by atoms with Crippen LogP contribution in [0.25, 0.3) is 5.69 Å². The Balaban J connectivity index is 2.51. The fourth-order valence-corrected chi connectivity index (χ4v) is 1.42. The molecule has 15 heavy (non-hydrogen) atoms. The maximum absolute atomic E-state index is 5.83. The highest BCUT2D eigenvalue weighted by Gasteiger charge is 2.05. The Labute approximate surface area is 92.2 Å². The molecule has 0 fully saturated rings. The van der Waals surface area contributed by atoms with Gasteiger partial charge in [0.15, 0.2) is 0 Å². The molecule has 0 saturated heterocycles. The Kier molecular flexibility index (Phi) is 2.51. The first-order valence-corrected chi connectivity index (χ1v) is 4.72. The third kappa shape index (κ3) is 1.89. The molecule has 78 valence electrons. The Hall–Kier alpha value is -1.68. The number of nitrogens with zero attached hydrogens (tertiary/aromatic N) is 2. The summed E-state index contributed by atoms with van der Waals surface area (Å²) in [7, 11) is 1.60. The molecule has 0 radical (unpaired) electrons. The summed E-state index contributed by atoms with van der Waals surface area (Å²) >= 11 is 5.78. The van der Waals surface area contributed by atoms with Crippen LogP contribution in [-0.2, 0) is 0 Å². The van der Waals surface area contributed by atoms with Crippen LogP contribution in [0, 0.1) is 0 Å². The van der Waals surface area contributed by atoms with Gasteiger partial charge in [-0.2, -0.15) is 5.10 Å². The number of benzene rings is 1. The fraction of sp³-hybridized carbons (Fsp3) is 0.100. The summed E-state index contributed by atoms with van der Waals surface area (Å²) in [6.45, 7) is 0. The fourth-order valence-electron chi connectivity index (χ4n) is 1.28. The van der Waals surface area contributed by atoms with Crippen LogP contribution >= 0.6 is 11.6 Å². The van der Waals surface area contributed by atoms with Crippen LogP contribution < -0.4 is 10.5 Å². The summed E-state index contributed by atoms with van der Waals surface area (Å²) in [6.07, 6.45) is 3.24. The first-order chi connectivity index (χ1) is 7.20. The van der Waals surface area contributed by atoms with E-state index in [1.54, 1.807) is 42.4 Å². The van der Waals surface area contributed by atoms with Crippen molar-refractivity contribution in [2.45, 2.75) is 0 Å². The van der Waals surface area contributed by atoms with Crippen molar-refractivity contribution in [1.29, 1.82) is 0 Å². The van der Waals surface area contributed by atoms with E-state index in [4.69, 9.17) is 22.1 Å². The minimum absolute atomic E-state index is 0.567. The van der Waals surface area contributed by atoms with Gasteiger partial charge in [-0.25, -0.2) is 4.68 Å². The number of hydrogen-bond acceptors (Lipinski definition) is 3. The van der Waals surface area contributed by atoms with Gasteiger partial charge in [0.2, 0.25) is 0 Å². The molecular formula is C10H10ClN3O. The van der Waals surface area contributed by atoms with Gasteiger partial charge in [-0.05, 0) is 12.1 Å². The first kappa shape index (κ1) is 9.86. The van der Waals surface area contributed by atoms with E-state index >= 15 is 0 Å². The number of aromatic nitrogens is 2. The minimum Gasteiger partial charge on any atom is -0.497 e. The van der Waals surface area contributed by atoms with Crippen molar-refractivity contribution in [3.8, 4) is 11.4 Å². The molecule has 4 nitrogen and oxygen atoms in total. The topological polar surface area (TPSA) is 53.1 Å². The van der Waals surface area contributed by atoms with Crippen LogP contribution in [0.3, 0.4) is 0 Å². The highest BCUT2D eigenvalue weighted by molar-refractivity contribution is 6.30. The SMILES string of the molecule is COc1ccc(N)c(-n2cc(Cl)cn2)c1. The summed E-state index contributed by atoms with van der Waals surface area (Å²) in [4.78, 5) is 0. The van der Waals surface area contributed by atoms with Crippen LogP contribution in [0.15, 0.2) is 30.6 Å². The maximum Gasteiger partial charge on any atom is 0.121 e. The lowest BCUT2D eigenvalue weighted by atomic mass is 10.2. The molecule has 0 aliphatic rings. The summed E-state index contributed by atoms with van der Waals surface area (Å²) in [5.41, 5.74) is 7.20. The molecule has 2 aromatic rings. The van der Waals surface area contributed by atoms with Crippen LogP contribution in [0.1, 0.15) is 0 Å². The van der Waals surface area contributed by atoms with Gasteiger partial charge in [-0.15, -0.1) is 0 Å². The summed E-state index contributed by atoms with van der Waals surface area (Å²) in [5.74, 6) is 0.728. The number of halogens is 1. The number of methoxy groups -OCH3 is 1. The van der Waals surface area contributed by atoms with Crippen LogP contribution in [0.4, 0.5) is 5.69 Å². The van der Waals surface area contributed by atoms with Crippen molar-refractivity contribution in [2.24, 2.45) is 0 Å². The van der Waals surface area contributed by atoms with Crippen molar-refractivity contribution in [1.82, 2.24) is 9.78 Å². The number of nitrogens with two attached hydrogens (primary N) is 1. The summed E-state index contributed by atoms with van der Waals surface area (Å²) < 4.78 is 6.72. The van der Waals surface area contributed by atoms with Crippen molar-refractivity contribution >= 4 is 17.3 Å². The van der Waals surface area contributed by atoms with E-state index in [0.717, 1.165) is 11.4 Å². The molecule has 2 rings (SSSR count). The zero-order chi connectivity index (χ0) is 10.8. The zero-order valence-electron chi connectivity index (χ0n) is 8.14. The molecule has 0 amide bonds. The van der Waals surface area contributed by atoms with Crippen molar-refractivity contribution < 1.29 is 4.74 Å². The second-order valence-electron chi connectivity index (χ2n) is 3.03. The molecule has 0 aliphatic heterocycles. The van der Waals surface area contributed by atoms with Gasteiger partial charge >= 0.3 is 0 Å². The van der Waals surface area contributed by atoms with Crippen LogP contribution in [0.5, 0.6) is 5.75 Å². The normalized spacial score (nSPS) is 10.3. The molecule has 0 saturated carbocycles. The quantitative estimate of drug-likeness (QED) is 0.794. The Bertz CT molecular complexity index is 481. The van der Waals surface area contributed by atoms with E-state index < -0.39 is 0 Å². The Morgan fingerprint density at radius 2 is 2.27 bits per heavy atom. The van der Waals surface area contributed by atoms with Gasteiger partial charge in [0.1, 0.15) is 5.75 Å². The third-order valence-electron chi connectivity index (χ3n) is 2.04. The first-order valence-electron chi connectivity index (χ1n) is 4.35. The predicted octanol–water partition coefficient (Wildman–Crippen LogP) is 2.12. The van der Waals surface area contributed by atoms with Gasteiger partial charge < -0.3 is 10.5 Å². The van der Waals surface area contributed by atoms with E-state index in [2.05, 4.69) is 5.10 Å². The van der Waals surface area contributed by atoms with Gasteiger partial charge in [-0.1, -0.05) is 11.6 Å². The lowest BCUT2D eigenvalue weighted by Gasteiger charge is -2.07. The lowest BCUT2D eigenvalue weighted by Crippen LogP contribution is -2.00. The van der Waals surface area contributed by atoms with E-state index in [9.17, 15) is 0 Å². The van der Waals surface area contributed by atoms with E-state index in [0.29, 0.717) is 10.7 Å². The molecular weight excluding hydrogens is 214 g/mol. The molecule has 0 atom stereocenters. The average molecular weight is 224 g/mol. The minimum atomic E-state index is 0.567. The van der Waals surface area contributed by atoms with E-state index in [1.165, 1.54) is 0 Å². The monoisotopic (exact) mass is 223 g/mol.